The van der Waals surface area contributed by atoms with Gasteiger partial charge in [-0.15, -0.1) is 0 Å². The standard InChI is InChI=1S/C60H67N4O2.C45H46N4O6S/c1-8-64-54-36-52-50(35-49(54)40(2)37-59(64,3)4)56(51-34-43-22-15-32-62-33-17-25-48(58(43)62)57(51)60(52,5)6)47-24-13-11-21-45(47)38-61(7)31-16-23-46(65)29-30-55(66)63-39-44-20-10-9-18-41(44)27-28-42-19-12-14-26-53(42)63;1-4-47-21-9-14-32-23-37-42(25-40(32)47)55-43-26-41-36(24-38(43)46-37)34(29-56(52,53)54)27-45(2,3)49(41)22-10-15-35(50)19-20-44(51)48-28-33-13-6-5-11-30(33)17-18-31-12-7-8-16-39(31)48/h9-14,18-21,24,26,34-36,40H,8,15-17,22-23,25,29-33,37-39H2,1-7H3;5-8,11-13,16,23-26,34H,4,9-10,14-15,19-22,27-29H2,1-3H3/q+1;. The number of fused-ring (bicyclic) bond motifs is 12. The van der Waals surface area contributed by atoms with E-state index in [-0.39, 0.29) is 66.4 Å². The van der Waals surface area contributed by atoms with Crippen molar-refractivity contribution in [2.75, 3.05) is 78.2 Å². The lowest BCUT2D eigenvalue weighted by Crippen LogP contribution is -2.50. The van der Waals surface area contributed by atoms with E-state index in [4.69, 9.17) is 9.73 Å². The van der Waals surface area contributed by atoms with Crippen molar-refractivity contribution in [3.63, 3.8) is 0 Å². The molecule has 1 aliphatic carbocycles. The summed E-state index contributed by atoms with van der Waals surface area (Å²) in [6, 6.07) is 56.2. The first-order valence-corrected chi connectivity index (χ1v) is 46.1. The highest BCUT2D eigenvalue weighted by Gasteiger charge is 2.45. The molecule has 0 bridgehead atoms. The van der Waals surface area contributed by atoms with E-state index in [1.54, 1.807) is 15.8 Å². The zero-order chi connectivity index (χ0) is 85.1. The Morgan fingerprint density at radius 1 is 0.582 bits per heavy atom. The van der Waals surface area contributed by atoms with Gasteiger partial charge in [-0.05, 0) is 234 Å². The van der Waals surface area contributed by atoms with Crippen molar-refractivity contribution < 1.29 is 36.9 Å². The molecule has 0 spiro atoms. The molecule has 2 atom stereocenters. The smallest absolute Gasteiger partial charge is 0.227 e. The highest BCUT2D eigenvalue weighted by molar-refractivity contribution is 7.85. The molecule has 18 rings (SSSR count). The number of carbonyl (C=O) groups is 4. The molecule has 8 heterocycles. The summed E-state index contributed by atoms with van der Waals surface area (Å²) >= 11 is 0. The van der Waals surface area contributed by atoms with Crippen LogP contribution < -0.4 is 54.8 Å². The van der Waals surface area contributed by atoms with Crippen LogP contribution in [-0.2, 0) is 73.6 Å². The lowest BCUT2D eigenvalue weighted by atomic mass is 9.64. The minimum Gasteiger partial charge on any atom is -0.748 e. The van der Waals surface area contributed by atoms with Gasteiger partial charge in [-0.25, -0.2) is 22.6 Å². The van der Waals surface area contributed by atoms with Gasteiger partial charge in [0.05, 0.1) is 40.6 Å². The van der Waals surface area contributed by atoms with Crippen molar-refractivity contribution in [1.82, 2.24) is 14.1 Å². The number of ketones is 2. The van der Waals surface area contributed by atoms with Gasteiger partial charge in [0.15, 0.2) is 11.5 Å². The molecular formula is C105H113N8O8S+. The number of amides is 2. The van der Waals surface area contributed by atoms with Crippen molar-refractivity contribution in [3.8, 4) is 35.2 Å². The highest BCUT2D eigenvalue weighted by Crippen LogP contribution is 2.52. The van der Waals surface area contributed by atoms with Gasteiger partial charge in [0.1, 0.15) is 48.8 Å². The van der Waals surface area contributed by atoms with E-state index in [9.17, 15) is 32.1 Å². The van der Waals surface area contributed by atoms with Crippen LogP contribution in [-0.4, -0.2) is 111 Å². The van der Waals surface area contributed by atoms with Crippen molar-refractivity contribution in [1.29, 1.82) is 0 Å². The first-order chi connectivity index (χ1) is 58.7. The summed E-state index contributed by atoms with van der Waals surface area (Å²) in [5.74, 6) is 13.6. The van der Waals surface area contributed by atoms with Crippen LogP contribution in [0.5, 0.6) is 11.5 Å². The molecule has 0 saturated heterocycles. The average molecular weight is 1650 g/mol. The predicted molar refractivity (Wildman–Crippen MR) is 485 cm³/mol. The van der Waals surface area contributed by atoms with Crippen molar-refractivity contribution in [2.24, 2.45) is 4.99 Å². The van der Waals surface area contributed by atoms with E-state index in [2.05, 4.69) is 158 Å². The van der Waals surface area contributed by atoms with E-state index in [1.807, 2.05) is 128 Å². The summed E-state index contributed by atoms with van der Waals surface area (Å²) in [6.45, 7) is 29.0. The molecule has 0 radical (unpaired) electrons. The maximum absolute atomic E-state index is 13.9. The molecule has 0 N–H and O–H groups in total. The zero-order valence-electron chi connectivity index (χ0n) is 72.6. The third-order valence-electron chi connectivity index (χ3n) is 27.3. The molecule has 16 nitrogen and oxygen atoms in total. The van der Waals surface area contributed by atoms with E-state index in [0.717, 1.165) is 151 Å². The van der Waals surface area contributed by atoms with E-state index < -0.39 is 27.3 Å². The number of ether oxygens (including phenoxy) is 1. The van der Waals surface area contributed by atoms with Crippen LogP contribution in [0.1, 0.15) is 247 Å². The summed E-state index contributed by atoms with van der Waals surface area (Å²) in [5, 5.41) is 4.88. The van der Waals surface area contributed by atoms with Gasteiger partial charge >= 0.3 is 0 Å². The normalized spacial score (nSPS) is 18.0. The fourth-order valence-electron chi connectivity index (χ4n) is 21.6. The third-order valence-corrected chi connectivity index (χ3v) is 28.1. The SMILES string of the molecule is CCN1c2cc3c(cc2C(C)CC1(C)C)C(c1ccccc1CN(C)CCCC(=O)CCC(=O)N1Cc2ccccc2C#Cc2ccccc21)=c1cc2c4c(c1C3(C)C)CCC[N+]=4CCC2.CC[N+]1=c2cc3c(cc2CCC1)=Nc1cc2c(cc1O3)N(CCCC(=O)CCC(=O)N1Cc3ccccc3C#Cc3ccccc31)C(C)(C)CC2CS(=O)(=O)[O-]. The third kappa shape index (κ3) is 16.5. The summed E-state index contributed by atoms with van der Waals surface area (Å²) in [7, 11) is -2.33. The van der Waals surface area contributed by atoms with Crippen molar-refractivity contribution >= 4 is 67.5 Å². The Hall–Kier alpha value is -11.1. The first-order valence-electron chi connectivity index (χ1n) is 44.5. The topological polar surface area (TPSA) is 169 Å². The quantitative estimate of drug-likeness (QED) is 0.0381. The Morgan fingerprint density at radius 2 is 1.16 bits per heavy atom. The van der Waals surface area contributed by atoms with Gasteiger partial charge in [0.25, 0.3) is 0 Å². The summed E-state index contributed by atoms with van der Waals surface area (Å²) in [5.41, 5.74) is 24.1. The van der Waals surface area contributed by atoms with Crippen molar-refractivity contribution in [3.05, 3.63) is 274 Å². The van der Waals surface area contributed by atoms with Gasteiger partial charge in [-0.1, -0.05) is 129 Å². The molecule has 17 heteroatoms. The lowest BCUT2D eigenvalue weighted by molar-refractivity contribution is -0.124. The molecule has 0 aromatic heterocycles. The number of nitrogens with zero attached hydrogens (tertiary/aromatic N) is 8. The number of carbonyl (C=O) groups excluding carboxylic acids is 4. The number of aryl methyl sites for hydroxylation is 2. The Labute approximate surface area is 719 Å². The summed E-state index contributed by atoms with van der Waals surface area (Å²) < 4.78 is 48.1. The molecule has 2 unspecified atom stereocenters. The van der Waals surface area contributed by atoms with Crippen LogP contribution >= 0.6 is 0 Å². The van der Waals surface area contributed by atoms with Gasteiger partial charge < -0.3 is 33.8 Å². The number of benzene rings is 9. The summed E-state index contributed by atoms with van der Waals surface area (Å²) in [4.78, 5) is 70.2. The monoisotopic (exact) mass is 1650 g/mol. The second kappa shape index (κ2) is 34.0. The Kier molecular flexibility index (Phi) is 23.2. The zero-order valence-corrected chi connectivity index (χ0v) is 73.4. The number of para-hydroxylation sites is 2. The fraction of sp³-hybridized carbons (Fsp3) is 0.400. The Balaban J connectivity index is 0.000000176. The molecule has 9 aromatic carbocycles. The largest absolute Gasteiger partial charge is 0.748 e. The van der Waals surface area contributed by atoms with Crippen LogP contribution in [0, 0.1) is 23.7 Å². The van der Waals surface area contributed by atoms with Crippen molar-refractivity contribution in [2.45, 2.75) is 213 Å². The Morgan fingerprint density at radius 3 is 1.82 bits per heavy atom. The van der Waals surface area contributed by atoms with E-state index in [1.165, 1.54) is 73.8 Å². The van der Waals surface area contributed by atoms with E-state index >= 15 is 0 Å². The minimum atomic E-state index is -4.52. The molecular weight excluding hydrogens is 1530 g/mol. The highest BCUT2D eigenvalue weighted by atomic mass is 32.2. The maximum atomic E-state index is 13.9. The molecule has 626 valence electrons. The van der Waals surface area contributed by atoms with Crippen LogP contribution in [0.4, 0.5) is 28.4 Å². The molecule has 122 heavy (non-hydrogen) atoms. The number of rotatable bonds is 21. The second-order valence-electron chi connectivity index (χ2n) is 36.9. The van der Waals surface area contributed by atoms with Gasteiger partial charge in [0.2, 0.25) is 22.5 Å². The summed E-state index contributed by atoms with van der Waals surface area (Å²) in [6.07, 6.45) is 10.9. The van der Waals surface area contributed by atoms with Gasteiger partial charge in [0, 0.05) is 162 Å². The minimum absolute atomic E-state index is 0.00197. The van der Waals surface area contributed by atoms with E-state index in [0.29, 0.717) is 62.0 Å². The average Bonchev–Trinajstić information content (AvgIpc) is 0.692. The molecule has 0 fully saturated rings. The maximum Gasteiger partial charge on any atom is 0.227 e. The molecule has 9 aliphatic rings. The fourth-order valence-corrected chi connectivity index (χ4v) is 22.4. The molecule has 0 saturated carbocycles. The molecule has 8 aliphatic heterocycles. The molecule has 2 amide bonds. The van der Waals surface area contributed by atoms with Crippen LogP contribution in [0.15, 0.2) is 169 Å². The number of hydrogen-bond acceptors (Lipinski definition) is 12. The number of hydrogen-bond donors (Lipinski definition) is 0. The van der Waals surface area contributed by atoms with Gasteiger partial charge in [-0.3, -0.25) is 19.2 Å². The predicted octanol–water partition coefficient (Wildman–Crippen LogP) is 15.5. The lowest BCUT2D eigenvalue weighted by Gasteiger charge is -2.48. The second-order valence-corrected chi connectivity index (χ2v) is 38.3. The number of anilines is 4. The van der Waals surface area contributed by atoms with Crippen LogP contribution in [0.2, 0.25) is 0 Å². The Bertz CT molecular complexity index is 6310. The van der Waals surface area contributed by atoms with Gasteiger partial charge in [-0.2, -0.15) is 0 Å². The van der Waals surface area contributed by atoms with Crippen LogP contribution in [0.3, 0.4) is 0 Å². The number of Topliss-reactive ketones (excluding diaryl/α,β-unsaturated/α-hetero) is 2. The molecule has 9 aromatic rings. The first kappa shape index (κ1) is 83.2. The van der Waals surface area contributed by atoms with Crippen LogP contribution in [0.25, 0.3) is 5.57 Å².